The second-order valence-corrected chi connectivity index (χ2v) is 5.22. The van der Waals surface area contributed by atoms with Crippen LogP contribution in [-0.2, 0) is 22.4 Å². The zero-order valence-electron chi connectivity index (χ0n) is 12.1. The number of anilines is 1. The Morgan fingerprint density at radius 3 is 1.74 bits per heavy atom. The minimum absolute atomic E-state index is 0.0619. The molecule has 19 heavy (non-hydrogen) atoms. The van der Waals surface area contributed by atoms with Gasteiger partial charge in [-0.3, -0.25) is 9.59 Å². The van der Waals surface area contributed by atoms with E-state index in [2.05, 4.69) is 13.8 Å². The number of para-hydroxylation sites is 1. The molecule has 1 aromatic rings. The third-order valence-corrected chi connectivity index (χ3v) is 4.16. The van der Waals surface area contributed by atoms with Gasteiger partial charge in [-0.1, -0.05) is 45.9 Å². The quantitative estimate of drug-likeness (QED) is 0.783. The summed E-state index contributed by atoms with van der Waals surface area (Å²) in [5.74, 6) is -0.564. The molecule has 0 bridgehead atoms. The van der Waals surface area contributed by atoms with Gasteiger partial charge in [0, 0.05) is 11.8 Å². The fourth-order valence-corrected chi connectivity index (χ4v) is 2.67. The maximum Gasteiger partial charge on any atom is 0.237 e. The van der Waals surface area contributed by atoms with Gasteiger partial charge in [0.25, 0.3) is 0 Å². The van der Waals surface area contributed by atoms with Crippen molar-refractivity contribution in [1.82, 2.24) is 0 Å². The number of carbonyl (C=O) groups is 2. The van der Waals surface area contributed by atoms with E-state index in [0.717, 1.165) is 29.7 Å². The molecule has 2 amide bonds. The van der Waals surface area contributed by atoms with Crippen LogP contribution in [0.3, 0.4) is 0 Å². The second kappa shape index (κ2) is 5.16. The second-order valence-electron chi connectivity index (χ2n) is 5.22. The molecule has 1 saturated heterocycles. The number of aryl methyl sites for hydroxylation is 2. The summed E-state index contributed by atoms with van der Waals surface area (Å²) < 4.78 is 0. The maximum absolute atomic E-state index is 12.4. The summed E-state index contributed by atoms with van der Waals surface area (Å²) in [6, 6.07) is 6.00. The molecule has 2 atom stereocenters. The first-order valence-corrected chi connectivity index (χ1v) is 7.01. The summed E-state index contributed by atoms with van der Waals surface area (Å²) in [6.07, 6.45) is 1.64. The van der Waals surface area contributed by atoms with Crippen LogP contribution in [0.1, 0.15) is 38.8 Å². The summed E-state index contributed by atoms with van der Waals surface area (Å²) >= 11 is 0. The molecule has 2 rings (SSSR count). The molecule has 1 aliphatic rings. The first kappa shape index (κ1) is 13.8. The molecule has 0 saturated carbocycles. The molecule has 2 unspecified atom stereocenters. The first-order chi connectivity index (χ1) is 9.02. The van der Waals surface area contributed by atoms with E-state index < -0.39 is 0 Å². The van der Waals surface area contributed by atoms with Crippen LogP contribution >= 0.6 is 0 Å². The molecule has 3 nitrogen and oxygen atoms in total. The fraction of sp³-hybridized carbons (Fsp3) is 0.500. The molecule has 1 fully saturated rings. The monoisotopic (exact) mass is 259 g/mol. The predicted molar refractivity (Wildman–Crippen MR) is 76.0 cm³/mol. The average molecular weight is 259 g/mol. The Morgan fingerprint density at radius 1 is 0.947 bits per heavy atom. The molecule has 3 heteroatoms. The summed E-state index contributed by atoms with van der Waals surface area (Å²) in [7, 11) is 0. The molecule has 0 radical (unpaired) electrons. The number of rotatable bonds is 3. The van der Waals surface area contributed by atoms with Crippen molar-refractivity contribution in [1.29, 1.82) is 0 Å². The number of imide groups is 1. The van der Waals surface area contributed by atoms with Crippen LogP contribution < -0.4 is 4.90 Å². The van der Waals surface area contributed by atoms with E-state index in [0.29, 0.717) is 0 Å². The van der Waals surface area contributed by atoms with Crippen molar-refractivity contribution in [3.63, 3.8) is 0 Å². The Bertz CT molecular complexity index is 479. The van der Waals surface area contributed by atoms with Gasteiger partial charge in [0.1, 0.15) is 0 Å². The average Bonchev–Trinajstić information content (AvgIpc) is 2.62. The van der Waals surface area contributed by atoms with Crippen LogP contribution in [0.2, 0.25) is 0 Å². The van der Waals surface area contributed by atoms with Crippen molar-refractivity contribution in [2.24, 2.45) is 11.8 Å². The van der Waals surface area contributed by atoms with E-state index in [1.807, 2.05) is 32.0 Å². The molecule has 0 spiro atoms. The van der Waals surface area contributed by atoms with Gasteiger partial charge < -0.3 is 0 Å². The van der Waals surface area contributed by atoms with E-state index in [1.54, 1.807) is 0 Å². The van der Waals surface area contributed by atoms with Crippen LogP contribution in [0, 0.1) is 11.8 Å². The third-order valence-electron chi connectivity index (χ3n) is 4.16. The lowest BCUT2D eigenvalue weighted by atomic mass is 10.00. The normalized spacial score (nSPS) is 23.3. The number of amides is 2. The van der Waals surface area contributed by atoms with Gasteiger partial charge in [0.05, 0.1) is 5.69 Å². The number of carbonyl (C=O) groups excluding carboxylic acids is 2. The van der Waals surface area contributed by atoms with Crippen molar-refractivity contribution >= 4 is 17.5 Å². The molecular weight excluding hydrogens is 238 g/mol. The minimum Gasteiger partial charge on any atom is -0.274 e. The molecule has 0 aromatic heterocycles. The SMILES string of the molecule is CCc1cccc(CC)c1N1C(=O)C(C)C(C)C1=O. The van der Waals surface area contributed by atoms with Crippen LogP contribution in [0.5, 0.6) is 0 Å². The number of benzene rings is 1. The van der Waals surface area contributed by atoms with E-state index >= 15 is 0 Å². The highest BCUT2D eigenvalue weighted by molar-refractivity contribution is 6.22. The van der Waals surface area contributed by atoms with Crippen LogP contribution in [0.15, 0.2) is 18.2 Å². The van der Waals surface area contributed by atoms with Gasteiger partial charge in [-0.15, -0.1) is 0 Å². The minimum atomic E-state index is -0.220. The van der Waals surface area contributed by atoms with Crippen molar-refractivity contribution in [3.05, 3.63) is 29.3 Å². The molecule has 0 aliphatic carbocycles. The summed E-state index contributed by atoms with van der Waals surface area (Å²) in [5, 5.41) is 0. The summed E-state index contributed by atoms with van der Waals surface area (Å²) in [4.78, 5) is 26.2. The Morgan fingerprint density at radius 2 is 1.37 bits per heavy atom. The van der Waals surface area contributed by atoms with E-state index in [9.17, 15) is 9.59 Å². The third kappa shape index (κ3) is 2.07. The van der Waals surface area contributed by atoms with E-state index in [1.165, 1.54) is 4.90 Å². The zero-order valence-corrected chi connectivity index (χ0v) is 12.1. The zero-order chi connectivity index (χ0) is 14.2. The molecule has 1 aliphatic heterocycles. The van der Waals surface area contributed by atoms with Crippen LogP contribution in [-0.4, -0.2) is 11.8 Å². The molecule has 1 aromatic carbocycles. The molecule has 0 N–H and O–H groups in total. The highest BCUT2D eigenvalue weighted by atomic mass is 16.2. The van der Waals surface area contributed by atoms with Crippen molar-refractivity contribution in [2.45, 2.75) is 40.5 Å². The van der Waals surface area contributed by atoms with E-state index in [4.69, 9.17) is 0 Å². The van der Waals surface area contributed by atoms with Gasteiger partial charge in [-0.2, -0.15) is 0 Å². The van der Waals surface area contributed by atoms with Crippen molar-refractivity contribution < 1.29 is 9.59 Å². The highest BCUT2D eigenvalue weighted by Crippen LogP contribution is 2.35. The Hall–Kier alpha value is -1.64. The van der Waals surface area contributed by atoms with Crippen molar-refractivity contribution in [2.75, 3.05) is 4.90 Å². The summed E-state index contributed by atoms with van der Waals surface area (Å²) in [6.45, 7) is 7.78. The van der Waals surface area contributed by atoms with Gasteiger partial charge >= 0.3 is 0 Å². The van der Waals surface area contributed by atoms with Gasteiger partial charge in [0.15, 0.2) is 0 Å². The van der Waals surface area contributed by atoms with Gasteiger partial charge in [-0.05, 0) is 24.0 Å². The fourth-order valence-electron chi connectivity index (χ4n) is 2.67. The summed E-state index contributed by atoms with van der Waals surface area (Å²) in [5.41, 5.74) is 2.98. The lowest BCUT2D eigenvalue weighted by molar-refractivity contribution is -0.122. The molecule has 102 valence electrons. The number of hydrogen-bond donors (Lipinski definition) is 0. The van der Waals surface area contributed by atoms with Crippen LogP contribution in [0.4, 0.5) is 5.69 Å². The smallest absolute Gasteiger partial charge is 0.237 e. The van der Waals surface area contributed by atoms with Gasteiger partial charge in [-0.25, -0.2) is 4.90 Å². The standard InChI is InChI=1S/C16H21NO2/c1-5-12-8-7-9-13(6-2)14(12)17-15(18)10(3)11(4)16(17)19/h7-11H,5-6H2,1-4H3. The Balaban J connectivity index is 2.58. The topological polar surface area (TPSA) is 37.4 Å². The maximum atomic E-state index is 12.4. The Labute approximate surface area is 114 Å². The van der Waals surface area contributed by atoms with Gasteiger partial charge in [0.2, 0.25) is 11.8 Å². The first-order valence-electron chi connectivity index (χ1n) is 7.01. The number of nitrogens with zero attached hydrogens (tertiary/aromatic N) is 1. The largest absolute Gasteiger partial charge is 0.274 e. The number of hydrogen-bond acceptors (Lipinski definition) is 2. The van der Waals surface area contributed by atoms with E-state index in [-0.39, 0.29) is 23.7 Å². The Kier molecular flexibility index (Phi) is 3.74. The molecular formula is C16H21NO2. The highest BCUT2D eigenvalue weighted by Gasteiger charge is 2.44. The lowest BCUT2D eigenvalue weighted by Crippen LogP contribution is -2.32. The molecule has 1 heterocycles. The predicted octanol–water partition coefficient (Wildman–Crippen LogP) is 2.96. The lowest BCUT2D eigenvalue weighted by Gasteiger charge is -2.21. The van der Waals surface area contributed by atoms with Crippen LogP contribution in [0.25, 0.3) is 0 Å². The van der Waals surface area contributed by atoms with Crippen molar-refractivity contribution in [3.8, 4) is 0 Å².